The van der Waals surface area contributed by atoms with Gasteiger partial charge in [0.05, 0.1) is 11.9 Å². The second kappa shape index (κ2) is 8.01. The molecule has 0 bridgehead atoms. The number of anilines is 1. The molecule has 0 radical (unpaired) electrons. The van der Waals surface area contributed by atoms with E-state index in [2.05, 4.69) is 10.3 Å². The van der Waals surface area contributed by atoms with E-state index in [-0.39, 0.29) is 30.1 Å². The molecule has 1 saturated heterocycles. The number of hydrogen-bond acceptors (Lipinski definition) is 4. The first kappa shape index (κ1) is 21.4. The largest absolute Gasteiger partial charge is 0.416 e. The number of aryl methyl sites for hydroxylation is 1. The van der Waals surface area contributed by atoms with Crippen molar-refractivity contribution in [3.63, 3.8) is 0 Å². The molecule has 164 valence electrons. The highest BCUT2D eigenvalue weighted by atomic mass is 32.2. The number of benzene rings is 2. The Morgan fingerprint density at radius 1 is 1.03 bits per heavy atom. The highest BCUT2D eigenvalue weighted by Crippen LogP contribution is 2.34. The smallest absolute Gasteiger partial charge is 0.380 e. The Kier molecular flexibility index (Phi) is 5.52. The highest BCUT2D eigenvalue weighted by Gasteiger charge is 2.41. The SMILES string of the molecule is Cn1cnc(S(=O)(=O)N2C[C@@H](Nc3ccc(C(F)(F)F)cc3)[C@H](c3ccccc3)C2)c1. The molecule has 1 aromatic heterocycles. The molecular weight excluding hydrogens is 429 g/mol. The molecule has 0 amide bonds. The summed E-state index contributed by atoms with van der Waals surface area (Å²) in [5.41, 5.74) is 0.713. The molecule has 0 spiro atoms. The summed E-state index contributed by atoms with van der Waals surface area (Å²) in [6.07, 6.45) is -1.54. The maximum atomic E-state index is 13.1. The van der Waals surface area contributed by atoms with E-state index in [9.17, 15) is 21.6 Å². The monoisotopic (exact) mass is 450 g/mol. The number of nitrogens with one attached hydrogen (secondary N) is 1. The van der Waals surface area contributed by atoms with E-state index in [1.165, 1.54) is 29.0 Å². The topological polar surface area (TPSA) is 67.2 Å². The maximum absolute atomic E-state index is 13.1. The number of rotatable bonds is 5. The lowest BCUT2D eigenvalue weighted by molar-refractivity contribution is -0.137. The Balaban J connectivity index is 1.61. The average Bonchev–Trinajstić information content (AvgIpc) is 3.36. The molecule has 10 heteroatoms. The molecule has 2 atom stereocenters. The number of imidazole rings is 1. The zero-order valence-electron chi connectivity index (χ0n) is 16.6. The summed E-state index contributed by atoms with van der Waals surface area (Å²) in [4.78, 5) is 3.98. The Hall–Kier alpha value is -2.85. The van der Waals surface area contributed by atoms with Crippen LogP contribution in [0.5, 0.6) is 0 Å². The highest BCUT2D eigenvalue weighted by molar-refractivity contribution is 7.89. The third-order valence-corrected chi connectivity index (χ3v) is 7.08. The van der Waals surface area contributed by atoms with Crippen LogP contribution in [-0.2, 0) is 23.2 Å². The van der Waals surface area contributed by atoms with Crippen LogP contribution < -0.4 is 5.32 Å². The maximum Gasteiger partial charge on any atom is 0.416 e. The molecule has 1 fully saturated rings. The molecule has 4 rings (SSSR count). The summed E-state index contributed by atoms with van der Waals surface area (Å²) < 4.78 is 67.6. The number of sulfonamides is 1. The molecule has 3 aromatic rings. The van der Waals surface area contributed by atoms with Crippen molar-refractivity contribution in [2.45, 2.75) is 23.2 Å². The number of hydrogen-bond donors (Lipinski definition) is 1. The van der Waals surface area contributed by atoms with Crippen molar-refractivity contribution in [3.05, 3.63) is 78.2 Å². The van der Waals surface area contributed by atoms with Crippen LogP contribution in [0.4, 0.5) is 18.9 Å². The van der Waals surface area contributed by atoms with Crippen LogP contribution in [0.1, 0.15) is 17.0 Å². The lowest BCUT2D eigenvalue weighted by atomic mass is 9.94. The van der Waals surface area contributed by atoms with Gasteiger partial charge in [-0.25, -0.2) is 13.4 Å². The first-order valence-electron chi connectivity index (χ1n) is 9.61. The van der Waals surface area contributed by atoms with Gasteiger partial charge in [-0.1, -0.05) is 30.3 Å². The summed E-state index contributed by atoms with van der Waals surface area (Å²) in [6.45, 7) is 0.403. The Bertz CT molecular complexity index is 1150. The van der Waals surface area contributed by atoms with Crippen molar-refractivity contribution in [2.75, 3.05) is 18.4 Å². The van der Waals surface area contributed by atoms with Gasteiger partial charge in [0.15, 0.2) is 5.03 Å². The fourth-order valence-corrected chi connectivity index (χ4v) is 5.23. The van der Waals surface area contributed by atoms with E-state index in [0.29, 0.717) is 5.69 Å². The fraction of sp³-hybridized carbons (Fsp3) is 0.286. The predicted octanol–water partition coefficient (Wildman–Crippen LogP) is 3.71. The van der Waals surface area contributed by atoms with Gasteiger partial charge in [0.1, 0.15) is 0 Å². The van der Waals surface area contributed by atoms with Gasteiger partial charge in [0.25, 0.3) is 10.0 Å². The predicted molar refractivity (Wildman–Crippen MR) is 110 cm³/mol. The van der Waals surface area contributed by atoms with E-state index in [4.69, 9.17) is 0 Å². The number of nitrogens with zero attached hydrogens (tertiary/aromatic N) is 3. The normalized spacial score (nSPS) is 20.1. The van der Waals surface area contributed by atoms with E-state index < -0.39 is 21.8 Å². The van der Waals surface area contributed by atoms with E-state index in [0.717, 1.165) is 17.7 Å². The lowest BCUT2D eigenvalue weighted by Gasteiger charge is -2.21. The zero-order chi connectivity index (χ0) is 22.2. The standard InChI is InChI=1S/C21H21F3N4O2S/c1-27-13-20(25-14-27)31(29,30)28-11-18(15-5-3-2-4-6-15)19(12-28)26-17-9-7-16(8-10-17)21(22,23)24/h2-10,13-14,18-19,26H,11-12H2,1H3/t18-,19+/m0/s1. The minimum absolute atomic E-state index is 0.0306. The van der Waals surface area contributed by atoms with Crippen LogP contribution in [0.15, 0.2) is 72.1 Å². The van der Waals surface area contributed by atoms with E-state index in [1.807, 2.05) is 30.3 Å². The summed E-state index contributed by atoms with van der Waals surface area (Å²) in [5, 5.41) is 3.20. The van der Waals surface area contributed by atoms with Crippen LogP contribution in [0.2, 0.25) is 0 Å². The molecule has 31 heavy (non-hydrogen) atoms. The third-order valence-electron chi connectivity index (χ3n) is 5.36. The summed E-state index contributed by atoms with van der Waals surface area (Å²) in [5.74, 6) is -0.179. The van der Waals surface area contributed by atoms with Crippen LogP contribution in [0, 0.1) is 0 Å². The minimum atomic E-state index is -4.41. The number of alkyl halides is 3. The zero-order valence-corrected chi connectivity index (χ0v) is 17.4. The summed E-state index contributed by atoms with van der Waals surface area (Å²) in [6, 6.07) is 13.9. The van der Waals surface area contributed by atoms with Crippen LogP contribution >= 0.6 is 0 Å². The molecule has 0 saturated carbocycles. The van der Waals surface area contributed by atoms with Crippen molar-refractivity contribution in [2.24, 2.45) is 7.05 Å². The van der Waals surface area contributed by atoms with E-state index in [1.54, 1.807) is 11.6 Å². The van der Waals surface area contributed by atoms with Gasteiger partial charge in [-0.3, -0.25) is 0 Å². The molecule has 6 nitrogen and oxygen atoms in total. The van der Waals surface area contributed by atoms with Crippen molar-refractivity contribution >= 4 is 15.7 Å². The molecule has 1 aliphatic rings. The second-order valence-electron chi connectivity index (χ2n) is 7.54. The van der Waals surface area contributed by atoms with Crippen molar-refractivity contribution in [1.82, 2.24) is 13.9 Å². The molecule has 0 aliphatic carbocycles. The van der Waals surface area contributed by atoms with E-state index >= 15 is 0 Å². The Labute approximate surface area is 178 Å². The second-order valence-corrected chi connectivity index (χ2v) is 9.43. The lowest BCUT2D eigenvalue weighted by Crippen LogP contribution is -2.32. The van der Waals surface area contributed by atoms with Gasteiger partial charge >= 0.3 is 6.18 Å². The van der Waals surface area contributed by atoms with Crippen molar-refractivity contribution < 1.29 is 21.6 Å². The quantitative estimate of drug-likeness (QED) is 0.644. The van der Waals surface area contributed by atoms with Gasteiger partial charge in [0.2, 0.25) is 0 Å². The van der Waals surface area contributed by atoms with Crippen molar-refractivity contribution in [3.8, 4) is 0 Å². The van der Waals surface area contributed by atoms with Crippen LogP contribution in [0.3, 0.4) is 0 Å². The molecule has 1 N–H and O–H groups in total. The average molecular weight is 450 g/mol. The Morgan fingerprint density at radius 2 is 1.71 bits per heavy atom. The molecule has 0 unspecified atom stereocenters. The van der Waals surface area contributed by atoms with Gasteiger partial charge < -0.3 is 9.88 Å². The van der Waals surface area contributed by atoms with Gasteiger partial charge in [-0.2, -0.15) is 17.5 Å². The fourth-order valence-electron chi connectivity index (χ4n) is 3.77. The van der Waals surface area contributed by atoms with Crippen LogP contribution in [0.25, 0.3) is 0 Å². The third kappa shape index (κ3) is 4.45. The van der Waals surface area contributed by atoms with Gasteiger partial charge in [-0.05, 0) is 29.8 Å². The number of aromatic nitrogens is 2. The first-order valence-corrected chi connectivity index (χ1v) is 11.1. The van der Waals surface area contributed by atoms with Crippen molar-refractivity contribution in [1.29, 1.82) is 0 Å². The first-order chi connectivity index (χ1) is 14.6. The minimum Gasteiger partial charge on any atom is -0.380 e. The molecule has 2 aromatic carbocycles. The van der Waals surface area contributed by atoms with Gasteiger partial charge in [-0.15, -0.1) is 0 Å². The number of halogens is 3. The summed E-state index contributed by atoms with van der Waals surface area (Å²) in [7, 11) is -2.11. The van der Waals surface area contributed by atoms with Gasteiger partial charge in [0, 0.05) is 44.0 Å². The van der Waals surface area contributed by atoms with Crippen LogP contribution in [-0.4, -0.2) is 41.4 Å². The molecular formula is C21H21F3N4O2S. The molecule has 1 aliphatic heterocycles. The Morgan fingerprint density at radius 3 is 2.29 bits per heavy atom. The summed E-state index contributed by atoms with van der Waals surface area (Å²) >= 11 is 0. The molecule has 2 heterocycles.